The van der Waals surface area contributed by atoms with E-state index in [0.717, 1.165) is 22.1 Å². The highest BCUT2D eigenvalue weighted by molar-refractivity contribution is 5.97. The molecule has 0 spiro atoms. The number of nitrogens with one attached hydrogen (secondary N) is 2. The second-order valence-electron chi connectivity index (χ2n) is 17.4. The number of amides is 2. The van der Waals surface area contributed by atoms with Crippen LogP contribution < -0.4 is 15.8 Å². The van der Waals surface area contributed by atoms with Gasteiger partial charge in [-0.1, -0.05) is 5.92 Å². The summed E-state index contributed by atoms with van der Waals surface area (Å²) in [6.45, 7) is 18.9. The molecule has 59 heavy (non-hydrogen) atoms. The number of carbonyl (C=O) groups excluding carboxylic acids is 5. The molecule has 0 aliphatic carbocycles. The Morgan fingerprint density at radius 1 is 0.881 bits per heavy atom. The van der Waals surface area contributed by atoms with Gasteiger partial charge in [0.25, 0.3) is 11.5 Å². The first-order valence-corrected chi connectivity index (χ1v) is 19.4. The van der Waals surface area contributed by atoms with Crippen molar-refractivity contribution in [1.82, 2.24) is 20.2 Å². The Kier molecular flexibility index (Phi) is 15.6. The summed E-state index contributed by atoms with van der Waals surface area (Å²) in [4.78, 5) is 88.9. The number of carbonyl (C=O) groups is 5. The number of anilines is 1. The summed E-state index contributed by atoms with van der Waals surface area (Å²) in [7, 11) is 1.38. The summed E-state index contributed by atoms with van der Waals surface area (Å²) >= 11 is 0. The van der Waals surface area contributed by atoms with Crippen molar-refractivity contribution < 1.29 is 42.6 Å². The van der Waals surface area contributed by atoms with E-state index in [1.54, 1.807) is 86.3 Å². The van der Waals surface area contributed by atoms with Crippen LogP contribution in [-0.4, -0.2) is 87.1 Å². The van der Waals surface area contributed by atoms with Gasteiger partial charge in [-0.3, -0.25) is 19.2 Å². The number of halogens is 1. The number of rotatable bonds is 15. The maximum Gasteiger partial charge on any atom is 0.329 e. The normalized spacial score (nSPS) is 12.8. The number of likely N-dealkylation sites (N-methyl/N-ethyl adjacent to an activating group) is 1. The van der Waals surface area contributed by atoms with Gasteiger partial charge in [0.1, 0.15) is 40.5 Å². The predicted octanol–water partition coefficient (Wildman–Crippen LogP) is 5.83. The van der Waals surface area contributed by atoms with Crippen LogP contribution in [0.5, 0.6) is 0 Å². The SMILES string of the molecule is C#CCN(Cc1cc2c(=O)[nH]c(C)nc2cc1C)c1ccc(C(=O)N[C@@H](CCC(=O)N(C)[C@@H](CCC(=O)OC(C)(C)C)C(=O)OC(C)(C)C)C(=O)OC(C)(C)C)c(F)c1. The van der Waals surface area contributed by atoms with Crippen molar-refractivity contribution >= 4 is 46.3 Å². The van der Waals surface area contributed by atoms with E-state index in [-0.39, 0.29) is 49.9 Å². The molecule has 0 aliphatic heterocycles. The van der Waals surface area contributed by atoms with Crippen LogP contribution in [0.25, 0.3) is 10.9 Å². The fourth-order valence-corrected chi connectivity index (χ4v) is 6.02. The molecule has 320 valence electrons. The molecule has 0 unspecified atom stereocenters. The van der Waals surface area contributed by atoms with Crippen molar-refractivity contribution in [2.24, 2.45) is 0 Å². The number of hydrogen-bond donors (Lipinski definition) is 2. The molecule has 3 aromatic rings. The van der Waals surface area contributed by atoms with Crippen LogP contribution in [0.1, 0.15) is 115 Å². The second kappa shape index (κ2) is 19.3. The lowest BCUT2D eigenvalue weighted by molar-refractivity contribution is -0.166. The van der Waals surface area contributed by atoms with E-state index in [0.29, 0.717) is 22.4 Å². The van der Waals surface area contributed by atoms with Gasteiger partial charge in [-0.25, -0.2) is 19.0 Å². The number of H-pyrrole nitrogens is 1. The summed E-state index contributed by atoms with van der Waals surface area (Å²) in [5, 5.41) is 2.91. The van der Waals surface area contributed by atoms with Crippen LogP contribution in [0.15, 0.2) is 35.1 Å². The van der Waals surface area contributed by atoms with Crippen LogP contribution in [-0.2, 0) is 39.9 Å². The van der Waals surface area contributed by atoms with Crippen LogP contribution in [0, 0.1) is 32.0 Å². The third-order valence-electron chi connectivity index (χ3n) is 8.71. The number of hydrogen-bond acceptors (Lipinski definition) is 11. The van der Waals surface area contributed by atoms with Crippen LogP contribution in [0.4, 0.5) is 10.1 Å². The van der Waals surface area contributed by atoms with Crippen molar-refractivity contribution in [2.45, 2.75) is 137 Å². The molecule has 0 fully saturated rings. The summed E-state index contributed by atoms with van der Waals surface area (Å²) < 4.78 is 32.3. The zero-order valence-corrected chi connectivity index (χ0v) is 36.3. The molecule has 2 amide bonds. The van der Waals surface area contributed by atoms with Crippen molar-refractivity contribution in [2.75, 3.05) is 18.5 Å². The molecule has 0 radical (unpaired) electrons. The topological polar surface area (TPSA) is 177 Å². The van der Waals surface area contributed by atoms with Gasteiger partial charge in [-0.15, -0.1) is 6.42 Å². The Morgan fingerprint density at radius 3 is 2.07 bits per heavy atom. The third kappa shape index (κ3) is 14.5. The molecule has 1 aromatic heterocycles. The van der Waals surface area contributed by atoms with Crippen molar-refractivity contribution in [3.05, 3.63) is 69.0 Å². The van der Waals surface area contributed by atoms with Crippen LogP contribution in [0.2, 0.25) is 0 Å². The highest BCUT2D eigenvalue weighted by Gasteiger charge is 2.34. The molecule has 3 rings (SSSR count). The van der Waals surface area contributed by atoms with E-state index < -0.39 is 64.4 Å². The Bertz CT molecular complexity index is 2150. The molecule has 2 atom stereocenters. The van der Waals surface area contributed by atoms with Gasteiger partial charge in [0, 0.05) is 32.1 Å². The van der Waals surface area contributed by atoms with E-state index >= 15 is 4.39 Å². The smallest absolute Gasteiger partial charge is 0.329 e. The Labute approximate surface area is 345 Å². The molecular formula is C44H58FN5O9. The fraction of sp³-hybridized carbons (Fsp3) is 0.523. The third-order valence-corrected chi connectivity index (χ3v) is 8.71. The van der Waals surface area contributed by atoms with E-state index in [2.05, 4.69) is 21.2 Å². The molecule has 14 nitrogen and oxygen atoms in total. The van der Waals surface area contributed by atoms with Crippen molar-refractivity contribution in [1.29, 1.82) is 0 Å². The maximum atomic E-state index is 15.8. The number of fused-ring (bicyclic) bond motifs is 1. The summed E-state index contributed by atoms with van der Waals surface area (Å²) in [5.74, 6) is -1.54. The predicted molar refractivity (Wildman–Crippen MR) is 222 cm³/mol. The molecule has 1 heterocycles. The minimum atomic E-state index is -1.39. The van der Waals surface area contributed by atoms with Gasteiger partial charge in [0.2, 0.25) is 5.91 Å². The van der Waals surface area contributed by atoms with Gasteiger partial charge in [0.05, 0.1) is 23.0 Å². The van der Waals surface area contributed by atoms with Gasteiger partial charge < -0.3 is 34.3 Å². The molecular weight excluding hydrogens is 762 g/mol. The van der Waals surface area contributed by atoms with Crippen molar-refractivity contribution in [3.63, 3.8) is 0 Å². The maximum absolute atomic E-state index is 15.8. The monoisotopic (exact) mass is 819 g/mol. The lowest BCUT2D eigenvalue weighted by Crippen LogP contribution is -2.47. The van der Waals surface area contributed by atoms with Gasteiger partial charge in [-0.2, -0.15) is 0 Å². The summed E-state index contributed by atoms with van der Waals surface area (Å²) in [6.07, 6.45) is 4.79. The Balaban J connectivity index is 1.84. The fourth-order valence-electron chi connectivity index (χ4n) is 6.02. The first-order valence-electron chi connectivity index (χ1n) is 19.4. The lowest BCUT2D eigenvalue weighted by Gasteiger charge is -2.30. The molecule has 0 saturated heterocycles. The van der Waals surface area contributed by atoms with E-state index in [1.165, 1.54) is 19.2 Å². The standard InChI is InChI=1S/C44H58FN5O9/c1-14-21-50(25-28-23-31-34(22-26(28)2)46-27(3)47-39(31)54)29-15-16-30(32(45)24-29)38(53)48-33(40(55)58-43(7,8)9)17-19-36(51)49(13)35(41(56)59-44(10,11)12)18-20-37(52)57-42(4,5)6/h1,15-16,22-24,33,35H,17-21,25H2,2-13H3,(H,48,53)(H,46,47,54)/t33-,35-/m0/s1. The minimum absolute atomic E-state index is 0.0734. The number of aromatic amines is 1. The average Bonchev–Trinajstić information content (AvgIpc) is 3.07. The van der Waals surface area contributed by atoms with E-state index in [1.807, 2.05) is 6.92 Å². The summed E-state index contributed by atoms with van der Waals surface area (Å²) in [5.41, 5.74) is -0.792. The molecule has 2 N–H and O–H groups in total. The number of aromatic nitrogens is 2. The lowest BCUT2D eigenvalue weighted by atomic mass is 10.0. The largest absolute Gasteiger partial charge is 0.460 e. The number of aryl methyl sites for hydroxylation is 2. The van der Waals surface area contributed by atoms with Crippen molar-refractivity contribution in [3.8, 4) is 12.3 Å². The number of ether oxygens (including phenoxy) is 3. The number of benzene rings is 2. The number of nitrogens with zero attached hydrogens (tertiary/aromatic N) is 3. The van der Waals surface area contributed by atoms with Crippen LogP contribution >= 0.6 is 0 Å². The zero-order chi connectivity index (χ0) is 44.6. The quantitative estimate of drug-likeness (QED) is 0.107. The number of terminal acetylenes is 1. The molecule has 0 saturated carbocycles. The molecule has 0 bridgehead atoms. The zero-order valence-electron chi connectivity index (χ0n) is 36.3. The second-order valence-corrected chi connectivity index (χ2v) is 17.4. The Hall–Kier alpha value is -5.78. The van der Waals surface area contributed by atoms with Gasteiger partial charge in [-0.05, 0) is 130 Å². The first-order chi connectivity index (χ1) is 27.2. The minimum Gasteiger partial charge on any atom is -0.460 e. The van der Waals surface area contributed by atoms with Crippen LogP contribution in [0.3, 0.4) is 0 Å². The Morgan fingerprint density at radius 2 is 1.49 bits per heavy atom. The first kappa shape index (κ1) is 47.6. The summed E-state index contributed by atoms with van der Waals surface area (Å²) in [6, 6.07) is 4.88. The number of esters is 3. The highest BCUT2D eigenvalue weighted by Crippen LogP contribution is 2.25. The van der Waals surface area contributed by atoms with E-state index in [4.69, 9.17) is 20.6 Å². The highest BCUT2D eigenvalue weighted by atomic mass is 19.1. The van der Waals surface area contributed by atoms with E-state index in [9.17, 15) is 28.8 Å². The van der Waals surface area contributed by atoms with Gasteiger partial charge in [0.15, 0.2) is 0 Å². The average molecular weight is 820 g/mol. The molecule has 0 aliphatic rings. The molecule has 15 heteroatoms. The van der Waals surface area contributed by atoms with Gasteiger partial charge >= 0.3 is 17.9 Å². The molecule has 2 aromatic carbocycles.